The third-order valence-corrected chi connectivity index (χ3v) is 24.4. The van der Waals surface area contributed by atoms with Crippen molar-refractivity contribution < 1.29 is 115 Å². The third kappa shape index (κ3) is 25.7. The summed E-state index contributed by atoms with van der Waals surface area (Å²) in [6.45, 7) is 12.2. The molecule has 10 atom stereocenters. The smallest absolute Gasteiger partial charge is 0.416 e. The van der Waals surface area contributed by atoms with Crippen molar-refractivity contribution in [2.24, 2.45) is 11.8 Å². The van der Waals surface area contributed by atoms with Crippen molar-refractivity contribution in [2.75, 3.05) is 69.4 Å². The highest BCUT2D eigenvalue weighted by Crippen LogP contribution is 2.43. The van der Waals surface area contributed by atoms with Gasteiger partial charge in [0.1, 0.15) is 37.1 Å². The van der Waals surface area contributed by atoms with E-state index in [-0.39, 0.29) is 175 Å². The largest absolute Gasteiger partial charge is 0.493 e. The number of fused-ring (bicyclic) bond motifs is 4. The number of amides is 14. The van der Waals surface area contributed by atoms with E-state index in [1.54, 1.807) is 93.3 Å². The lowest BCUT2D eigenvalue weighted by Crippen LogP contribution is -2.61. The Balaban J connectivity index is 0.795. The molecule has 2 unspecified atom stereocenters. The summed E-state index contributed by atoms with van der Waals surface area (Å²) >= 11 is 0. The molecular formula is C94H119N13O24. The molecule has 37 heteroatoms. The van der Waals surface area contributed by atoms with Gasteiger partial charge in [-0.05, 0) is 150 Å². The highest BCUT2D eigenvalue weighted by molar-refractivity contribution is 6.14. The Bertz CT molecular complexity index is 4980. The number of Topliss-reactive ketones (excluding diaryl/α,β-unsaturated/α-hetero) is 3. The number of carbonyl (C=O) groups excluding carboxylic acids is 17. The van der Waals surface area contributed by atoms with Crippen molar-refractivity contribution in [2.45, 2.75) is 244 Å². The number of ketones is 3. The normalized spacial score (nSPS) is 24.2. The minimum absolute atomic E-state index is 0.00450. The summed E-state index contributed by atoms with van der Waals surface area (Å²) in [5, 5.41) is 43.5. The van der Waals surface area contributed by atoms with Crippen LogP contribution in [0.15, 0.2) is 97.1 Å². The summed E-state index contributed by atoms with van der Waals surface area (Å²) in [4.78, 5) is 240. The van der Waals surface area contributed by atoms with Gasteiger partial charge in [0.2, 0.25) is 35.4 Å². The Labute approximate surface area is 759 Å². The van der Waals surface area contributed by atoms with Gasteiger partial charge in [0, 0.05) is 127 Å². The Morgan fingerprint density at radius 1 is 0.504 bits per heavy atom. The van der Waals surface area contributed by atoms with Gasteiger partial charge < -0.3 is 80.9 Å². The summed E-state index contributed by atoms with van der Waals surface area (Å²) in [6.07, 6.45) is 1.10. The van der Waals surface area contributed by atoms with Crippen LogP contribution >= 0.6 is 0 Å². The zero-order valence-corrected chi connectivity index (χ0v) is 75.2. The average Bonchev–Trinajstić information content (AvgIpc) is 1.62. The highest BCUT2D eigenvalue weighted by atomic mass is 16.6. The van der Waals surface area contributed by atoms with Crippen LogP contribution in [0.1, 0.15) is 199 Å². The second-order valence-corrected chi connectivity index (χ2v) is 34.7. The SMILES string of the molecule is COc1cc2c3cc1OCCCCCOc1cc4c(cc1C)C(=O)N1CCC[C@H]1C(O)N4C(=O)OCc1ccc(cc1)CC(=O)[C@H](C)NC[C@H](C(C)C)NC(=O)CCCNC(=O)[C@H](NC(=O)CCCN1C(=O)C=CC1=O)[C@H](NC(=O)CCCN1C(=O)C=CC1=O)C(=O)CCCCC(=O)N[C@@H](C(C)C)C(=O)N[C@@H](C)C(=O)Cc1ccc(cc1)COC(=O)N3C(O)[C@@H]1CCCN1C2=O. The minimum atomic E-state index is -1.84. The molecule has 2 fully saturated rings. The van der Waals surface area contributed by atoms with Gasteiger partial charge in [0.15, 0.2) is 41.3 Å². The number of rotatable bonds is 13. The second kappa shape index (κ2) is 46.2. The third-order valence-electron chi connectivity index (χ3n) is 24.4. The number of imide groups is 2. The van der Waals surface area contributed by atoms with Crippen LogP contribution in [-0.4, -0.2) is 251 Å². The molecule has 0 radical (unpaired) electrons. The molecule has 2 saturated heterocycles. The minimum Gasteiger partial charge on any atom is -0.493 e. The quantitative estimate of drug-likeness (QED) is 0.0777. The number of aryl methyl sites for hydroxylation is 1. The van der Waals surface area contributed by atoms with Gasteiger partial charge in [-0.15, -0.1) is 0 Å². The maximum Gasteiger partial charge on any atom is 0.416 e. The molecule has 0 saturated carbocycles. The van der Waals surface area contributed by atoms with Crippen LogP contribution in [0.3, 0.4) is 0 Å². The Morgan fingerprint density at radius 2 is 0.969 bits per heavy atom. The number of aliphatic hydroxyl groups excluding tert-OH is 2. The summed E-state index contributed by atoms with van der Waals surface area (Å²) in [5.74, 6) is -8.78. The van der Waals surface area contributed by atoms with Crippen molar-refractivity contribution in [1.82, 2.24) is 56.8 Å². The predicted octanol–water partition coefficient (Wildman–Crippen LogP) is 5.20. The van der Waals surface area contributed by atoms with Crippen molar-refractivity contribution in [3.63, 3.8) is 0 Å². The fraction of sp³-hybridized carbons (Fsp3) is 0.521. The van der Waals surface area contributed by atoms with Gasteiger partial charge in [-0.25, -0.2) is 19.4 Å². The number of anilines is 2. The van der Waals surface area contributed by atoms with Crippen molar-refractivity contribution in [3.05, 3.63) is 136 Å². The van der Waals surface area contributed by atoms with E-state index in [2.05, 4.69) is 37.2 Å². The Hall–Kier alpha value is -12.8. The zero-order valence-electron chi connectivity index (χ0n) is 75.2. The van der Waals surface area contributed by atoms with Gasteiger partial charge >= 0.3 is 12.2 Å². The first kappa shape index (κ1) is 98.8. The van der Waals surface area contributed by atoms with Crippen LogP contribution < -0.4 is 61.2 Å². The molecule has 37 nitrogen and oxygen atoms in total. The first-order valence-corrected chi connectivity index (χ1v) is 45.0. The number of hydrogen-bond donors (Lipinski definition) is 9. The molecule has 704 valence electrons. The number of benzene rings is 4. The van der Waals surface area contributed by atoms with Crippen LogP contribution in [0.4, 0.5) is 21.0 Å². The lowest BCUT2D eigenvalue weighted by Gasteiger charge is -2.31. The molecular weight excluding hydrogens is 1700 g/mol. The molecule has 131 heavy (non-hydrogen) atoms. The Morgan fingerprint density at radius 3 is 1.48 bits per heavy atom. The van der Waals surface area contributed by atoms with E-state index in [0.717, 1.165) is 43.9 Å². The molecule has 8 bridgehead atoms. The fourth-order valence-electron chi connectivity index (χ4n) is 16.7. The van der Waals surface area contributed by atoms with Crippen molar-refractivity contribution in [3.8, 4) is 17.2 Å². The molecule has 0 aliphatic carbocycles. The molecule has 0 spiro atoms. The zero-order chi connectivity index (χ0) is 94.4. The van der Waals surface area contributed by atoms with E-state index in [0.29, 0.717) is 91.6 Å². The Kier molecular flexibility index (Phi) is 34.8. The first-order chi connectivity index (χ1) is 62.7. The number of aliphatic hydroxyl groups is 2. The van der Waals surface area contributed by atoms with Crippen molar-refractivity contribution >= 4 is 112 Å². The summed E-state index contributed by atoms with van der Waals surface area (Å²) in [7, 11) is 1.41. The van der Waals surface area contributed by atoms with E-state index in [9.17, 15) is 91.7 Å². The number of methoxy groups -OCH3 is 1. The molecule has 9 heterocycles. The van der Waals surface area contributed by atoms with Gasteiger partial charge in [0.05, 0.1) is 67.0 Å². The van der Waals surface area contributed by atoms with E-state index in [4.69, 9.17) is 23.7 Å². The number of ether oxygens (including phenoxy) is 5. The maximum absolute atomic E-state index is 14.7. The molecule has 4 aromatic carbocycles. The van der Waals surface area contributed by atoms with Gasteiger partial charge in [0.25, 0.3) is 35.4 Å². The van der Waals surface area contributed by atoms with Gasteiger partial charge in [-0.2, -0.15) is 0 Å². The van der Waals surface area contributed by atoms with Crippen molar-refractivity contribution in [1.29, 1.82) is 0 Å². The van der Waals surface area contributed by atoms with Gasteiger partial charge in [-0.3, -0.25) is 81.7 Å². The topological polar surface area (TPSA) is 480 Å². The monoisotopic (exact) mass is 1810 g/mol. The van der Waals surface area contributed by atoms with E-state index in [1.165, 1.54) is 31.1 Å². The lowest BCUT2D eigenvalue weighted by molar-refractivity contribution is -0.138. The first-order valence-electron chi connectivity index (χ1n) is 45.0. The molecule has 9 aliphatic rings. The average molecular weight is 1820 g/mol. The summed E-state index contributed by atoms with van der Waals surface area (Å²) in [5.41, 5.74) is 3.20. The fourth-order valence-corrected chi connectivity index (χ4v) is 16.7. The van der Waals surface area contributed by atoms with Gasteiger partial charge in [-0.1, -0.05) is 76.2 Å². The summed E-state index contributed by atoms with van der Waals surface area (Å²) in [6, 6.07) is 11.0. The van der Waals surface area contributed by atoms with Crippen LogP contribution in [0.25, 0.3) is 0 Å². The predicted molar refractivity (Wildman–Crippen MR) is 473 cm³/mol. The van der Waals surface area contributed by atoms with Crippen LogP contribution in [0.5, 0.6) is 17.2 Å². The van der Waals surface area contributed by atoms with Crippen LogP contribution in [0, 0.1) is 18.8 Å². The van der Waals surface area contributed by atoms with E-state index < -0.39 is 162 Å². The molecule has 9 N–H and O–H groups in total. The standard InChI is InChI=1S/C94H119N13O24/c1-54(2)65-51-96-57(6)71(109)46-59-26-30-61(31-27-59)52-130-93(125)106-68-49-73(56(5)45-63(68)89(121)102-39-15-19-66(102)91(106)123)128-43-12-9-13-44-129-75-50-69-64(48-74(75)127-8)90(122)103-40-16-20-67(103)92(124)107(69)94(126)131-53-62-32-28-60(29-33-62)47-72(110)58(7)97-88(120)84(55(3)4)99-77(112)22-11-10-21-70(108)85(100-78(113)24-17-41-104-80(115)34-35-81(104)116)86(87(119)95-38-14-23-76(111)98-65)101-79(114)25-18-42-105-82(117)36-37-83(105)118/h26-37,45,48-50,54-55,57-58,65-67,84-86,91-92,96,123-124H,9-25,38-44,46-47,51-53H2,1-8H3,(H,95,119)(H,97,120)(H,98,111)(H,99,112)(H,100,113)(H,101,114)/t57-,58-,65+,66-,67-,84-,85+,86+,91?,92?/m0/s1. The number of hydrogen-bond acceptors (Lipinski definition) is 25. The molecule has 9 aliphatic heterocycles. The maximum atomic E-state index is 14.7. The van der Waals surface area contributed by atoms with E-state index in [1.807, 2.05) is 13.8 Å². The second-order valence-electron chi connectivity index (χ2n) is 34.7. The number of carbonyl (C=O) groups is 17. The molecule has 13 rings (SSSR count). The highest BCUT2D eigenvalue weighted by Gasteiger charge is 2.48. The molecule has 4 aromatic rings. The lowest BCUT2D eigenvalue weighted by atomic mass is 9.97. The molecule has 0 aromatic heterocycles. The number of nitrogens with one attached hydrogen (secondary N) is 7. The van der Waals surface area contributed by atoms with Crippen LogP contribution in [0.2, 0.25) is 0 Å². The summed E-state index contributed by atoms with van der Waals surface area (Å²) < 4.78 is 30.2. The van der Waals surface area contributed by atoms with E-state index >= 15 is 0 Å². The number of nitrogens with zero attached hydrogens (tertiary/aromatic N) is 6. The van der Waals surface area contributed by atoms with Crippen LogP contribution in [-0.2, 0) is 97.9 Å². The molecule has 14 amide bonds.